The van der Waals surface area contributed by atoms with Crippen molar-refractivity contribution in [3.05, 3.63) is 59.4 Å². The second-order valence-corrected chi connectivity index (χ2v) is 5.32. The van der Waals surface area contributed by atoms with Crippen LogP contribution in [0.4, 0.5) is 5.69 Å². The van der Waals surface area contributed by atoms with E-state index in [2.05, 4.69) is 5.32 Å². The standard InChI is InChI=1S/C17H16N2O5/c1-11-2-5-19(6-3-11)7-4-15(20)18-14-9-12(16(21)22)8-13(10-14)17(23)24/h2-3,5-6,8-10H,4,7H2,1H3,(H2-,18,20,21,22,23,24)/p+1. The molecule has 0 fully saturated rings. The van der Waals surface area contributed by atoms with Crippen molar-refractivity contribution in [2.75, 3.05) is 5.32 Å². The molecule has 7 nitrogen and oxygen atoms in total. The van der Waals surface area contributed by atoms with E-state index in [9.17, 15) is 14.4 Å². The molecule has 24 heavy (non-hydrogen) atoms. The molecule has 0 radical (unpaired) electrons. The molecule has 0 saturated heterocycles. The molecule has 1 aromatic heterocycles. The molecule has 1 heterocycles. The Morgan fingerprint density at radius 1 is 1.00 bits per heavy atom. The fraction of sp³-hybridized carbons (Fsp3) is 0.176. The largest absolute Gasteiger partial charge is 0.478 e. The normalized spacial score (nSPS) is 10.2. The van der Waals surface area contributed by atoms with Crippen molar-refractivity contribution in [3.63, 3.8) is 0 Å². The number of rotatable bonds is 6. The van der Waals surface area contributed by atoms with Gasteiger partial charge in [-0.1, -0.05) is 0 Å². The van der Waals surface area contributed by atoms with E-state index in [1.54, 1.807) is 0 Å². The summed E-state index contributed by atoms with van der Waals surface area (Å²) in [5.41, 5.74) is 0.866. The molecule has 0 bridgehead atoms. The minimum atomic E-state index is -1.26. The van der Waals surface area contributed by atoms with E-state index in [1.807, 2.05) is 36.0 Å². The molecule has 124 valence electrons. The van der Waals surface area contributed by atoms with Gasteiger partial charge in [-0.3, -0.25) is 4.79 Å². The smallest absolute Gasteiger partial charge is 0.335 e. The fourth-order valence-electron chi connectivity index (χ4n) is 2.08. The van der Waals surface area contributed by atoms with E-state index in [-0.39, 0.29) is 29.1 Å². The minimum absolute atomic E-state index is 0.145. The van der Waals surface area contributed by atoms with Gasteiger partial charge in [0.2, 0.25) is 5.91 Å². The van der Waals surface area contributed by atoms with Gasteiger partial charge >= 0.3 is 11.9 Å². The molecule has 3 N–H and O–H groups in total. The lowest BCUT2D eigenvalue weighted by molar-refractivity contribution is -0.695. The zero-order valence-electron chi connectivity index (χ0n) is 13.0. The maximum atomic E-state index is 12.0. The Kier molecular flexibility index (Phi) is 5.26. The van der Waals surface area contributed by atoms with Crippen LogP contribution in [0.1, 0.15) is 32.7 Å². The number of amides is 1. The summed E-state index contributed by atoms with van der Waals surface area (Å²) in [4.78, 5) is 34.1. The van der Waals surface area contributed by atoms with Crippen LogP contribution in [0, 0.1) is 6.92 Å². The quantitative estimate of drug-likeness (QED) is 0.699. The van der Waals surface area contributed by atoms with Crippen molar-refractivity contribution >= 4 is 23.5 Å². The molecule has 0 spiro atoms. The first-order valence-electron chi connectivity index (χ1n) is 7.22. The van der Waals surface area contributed by atoms with Crippen LogP contribution in [0.15, 0.2) is 42.7 Å². The van der Waals surface area contributed by atoms with Gasteiger partial charge in [0.15, 0.2) is 18.9 Å². The number of aryl methyl sites for hydroxylation is 2. The topological polar surface area (TPSA) is 108 Å². The number of hydrogen-bond donors (Lipinski definition) is 3. The van der Waals surface area contributed by atoms with Crippen molar-refractivity contribution in [1.82, 2.24) is 0 Å². The zero-order valence-corrected chi connectivity index (χ0v) is 13.0. The van der Waals surface area contributed by atoms with Crippen LogP contribution in [-0.4, -0.2) is 28.1 Å². The van der Waals surface area contributed by atoms with Gasteiger partial charge in [-0.2, -0.15) is 0 Å². The number of hydrogen-bond acceptors (Lipinski definition) is 3. The highest BCUT2D eigenvalue weighted by molar-refractivity contribution is 5.98. The fourth-order valence-corrected chi connectivity index (χ4v) is 2.08. The Morgan fingerprint density at radius 2 is 1.54 bits per heavy atom. The summed E-state index contributed by atoms with van der Waals surface area (Å²) < 4.78 is 1.85. The lowest BCUT2D eigenvalue weighted by atomic mass is 10.1. The Labute approximate surface area is 138 Å². The first kappa shape index (κ1) is 17.1. The van der Waals surface area contributed by atoms with Gasteiger partial charge in [0.1, 0.15) is 0 Å². The SMILES string of the molecule is Cc1cc[n+](CCC(=O)Nc2cc(C(=O)O)cc(C(=O)O)c2)cc1. The van der Waals surface area contributed by atoms with Crippen molar-refractivity contribution in [3.8, 4) is 0 Å². The number of carboxylic acid groups (broad SMARTS) is 2. The van der Waals surface area contributed by atoms with Crippen LogP contribution in [0.25, 0.3) is 0 Å². The molecule has 1 aromatic carbocycles. The van der Waals surface area contributed by atoms with E-state index in [1.165, 1.54) is 12.1 Å². The average Bonchev–Trinajstić information content (AvgIpc) is 2.54. The summed E-state index contributed by atoms with van der Waals surface area (Å²) in [7, 11) is 0. The van der Waals surface area contributed by atoms with Crippen LogP contribution >= 0.6 is 0 Å². The Hall–Kier alpha value is -3.22. The molecule has 1 amide bonds. The van der Waals surface area contributed by atoms with Gasteiger partial charge in [0.25, 0.3) is 0 Å². The van der Waals surface area contributed by atoms with Gasteiger partial charge in [0.05, 0.1) is 17.5 Å². The molecule has 0 unspecified atom stereocenters. The van der Waals surface area contributed by atoms with Gasteiger partial charge < -0.3 is 15.5 Å². The summed E-state index contributed by atoms with van der Waals surface area (Å²) in [6.45, 7) is 2.42. The average molecular weight is 329 g/mol. The van der Waals surface area contributed by atoms with E-state index in [4.69, 9.17) is 10.2 Å². The maximum Gasteiger partial charge on any atom is 0.335 e. The molecule has 0 aliphatic rings. The first-order chi connectivity index (χ1) is 11.3. The van der Waals surface area contributed by atoms with Crippen molar-refractivity contribution in [2.45, 2.75) is 19.9 Å². The van der Waals surface area contributed by atoms with Crippen LogP contribution in [-0.2, 0) is 11.3 Å². The van der Waals surface area contributed by atoms with Gasteiger partial charge in [-0.25, -0.2) is 14.2 Å². The summed E-state index contributed by atoms with van der Waals surface area (Å²) in [6, 6.07) is 7.35. The Bertz CT molecular complexity index is 752. The third kappa shape index (κ3) is 4.64. The predicted octanol–water partition coefficient (Wildman–Crippen LogP) is 1.71. The maximum absolute atomic E-state index is 12.0. The number of aromatic carboxylic acids is 2. The monoisotopic (exact) mass is 329 g/mol. The first-order valence-corrected chi connectivity index (χ1v) is 7.22. The van der Waals surface area contributed by atoms with Gasteiger partial charge in [-0.15, -0.1) is 0 Å². The molecule has 0 aliphatic heterocycles. The van der Waals surface area contributed by atoms with Crippen molar-refractivity contribution in [2.24, 2.45) is 0 Å². The van der Waals surface area contributed by atoms with Gasteiger partial charge in [0, 0.05) is 17.8 Å². The Morgan fingerprint density at radius 3 is 2.04 bits per heavy atom. The number of anilines is 1. The summed E-state index contributed by atoms with van der Waals surface area (Å²) >= 11 is 0. The minimum Gasteiger partial charge on any atom is -0.478 e. The second-order valence-electron chi connectivity index (χ2n) is 5.32. The zero-order chi connectivity index (χ0) is 17.7. The van der Waals surface area contributed by atoms with Crippen molar-refractivity contribution < 1.29 is 29.2 Å². The highest BCUT2D eigenvalue weighted by atomic mass is 16.4. The highest BCUT2D eigenvalue weighted by Crippen LogP contribution is 2.16. The van der Waals surface area contributed by atoms with Crippen molar-refractivity contribution in [1.29, 1.82) is 0 Å². The number of carbonyl (C=O) groups is 3. The third-order valence-electron chi connectivity index (χ3n) is 3.37. The van der Waals surface area contributed by atoms with E-state index >= 15 is 0 Å². The molecule has 0 saturated carbocycles. The molecule has 0 atom stereocenters. The van der Waals surface area contributed by atoms with Crippen LogP contribution in [0.5, 0.6) is 0 Å². The van der Waals surface area contributed by atoms with Gasteiger partial charge in [-0.05, 0) is 30.7 Å². The Balaban J connectivity index is 2.06. The lowest BCUT2D eigenvalue weighted by Crippen LogP contribution is -2.34. The number of aromatic nitrogens is 1. The molecule has 2 aromatic rings. The molecular formula is C17H17N2O5+. The predicted molar refractivity (Wildman–Crippen MR) is 85.0 cm³/mol. The molecule has 2 rings (SSSR count). The summed E-state index contributed by atoms with van der Waals surface area (Å²) in [5, 5.41) is 20.6. The van der Waals surface area contributed by atoms with E-state index < -0.39 is 11.9 Å². The number of nitrogens with one attached hydrogen (secondary N) is 1. The number of pyridine rings is 1. The van der Waals surface area contributed by atoms with E-state index in [0.29, 0.717) is 6.54 Å². The molecule has 7 heteroatoms. The number of carbonyl (C=O) groups excluding carboxylic acids is 1. The molecular weight excluding hydrogens is 312 g/mol. The lowest BCUT2D eigenvalue weighted by Gasteiger charge is -2.07. The van der Waals surface area contributed by atoms with Crippen LogP contribution in [0.3, 0.4) is 0 Å². The van der Waals surface area contributed by atoms with Crippen LogP contribution in [0.2, 0.25) is 0 Å². The highest BCUT2D eigenvalue weighted by Gasteiger charge is 2.13. The molecule has 0 aliphatic carbocycles. The number of carboxylic acids is 2. The second kappa shape index (κ2) is 7.36. The number of nitrogens with zero attached hydrogens (tertiary/aromatic N) is 1. The summed E-state index contributed by atoms with van der Waals surface area (Å²) in [5.74, 6) is -2.85. The van der Waals surface area contributed by atoms with Crippen LogP contribution < -0.4 is 9.88 Å². The van der Waals surface area contributed by atoms with E-state index in [0.717, 1.165) is 11.6 Å². The number of benzene rings is 1. The third-order valence-corrected chi connectivity index (χ3v) is 3.37. The summed E-state index contributed by atoms with van der Waals surface area (Å²) in [6.07, 6.45) is 3.89.